The quantitative estimate of drug-likeness (QED) is 0.492. The summed E-state index contributed by atoms with van der Waals surface area (Å²) in [4.78, 5) is 26.4. The number of nitrogens with zero attached hydrogens (tertiary/aromatic N) is 1. The zero-order chi connectivity index (χ0) is 24.4. The summed E-state index contributed by atoms with van der Waals surface area (Å²) in [7, 11) is 0. The molecule has 1 aliphatic heterocycles. The van der Waals surface area contributed by atoms with Gasteiger partial charge in [-0.3, -0.25) is 14.5 Å². The van der Waals surface area contributed by atoms with Crippen LogP contribution in [0.15, 0.2) is 48.5 Å². The molecule has 0 radical (unpaired) electrons. The molecule has 178 valence electrons. The first-order valence-electron chi connectivity index (χ1n) is 10.8. The van der Waals surface area contributed by atoms with E-state index in [4.69, 9.17) is 0 Å². The van der Waals surface area contributed by atoms with Gasteiger partial charge in [0.25, 0.3) is 0 Å². The highest BCUT2D eigenvalue weighted by Gasteiger charge is 2.35. The number of halogens is 3. The standard InChI is InChI=1S/C25H29F3N2O2S/c1-16(14-24(2,3)4)13-21(31)29-19-9-5-17(6-10-19)23-30(22(32)15-33-23)20-11-7-18(8-12-20)25(26,27)28/h5-12,16,23H,13-15H2,1-4H3,(H,29,31)/t16-,23-/m0/s1. The number of alkyl halides is 3. The van der Waals surface area contributed by atoms with E-state index in [9.17, 15) is 22.8 Å². The molecule has 0 bridgehead atoms. The summed E-state index contributed by atoms with van der Waals surface area (Å²) >= 11 is 1.42. The molecule has 33 heavy (non-hydrogen) atoms. The third kappa shape index (κ3) is 6.76. The summed E-state index contributed by atoms with van der Waals surface area (Å²) in [6, 6.07) is 11.9. The summed E-state index contributed by atoms with van der Waals surface area (Å²) in [5.41, 5.74) is 1.34. The normalized spacial score (nSPS) is 17.8. The average molecular weight is 479 g/mol. The molecule has 2 amide bonds. The van der Waals surface area contributed by atoms with Crippen molar-refractivity contribution in [1.29, 1.82) is 0 Å². The molecule has 0 saturated carbocycles. The molecule has 0 spiro atoms. The lowest BCUT2D eigenvalue weighted by Gasteiger charge is -2.25. The average Bonchev–Trinajstić information content (AvgIpc) is 3.07. The molecule has 2 aromatic carbocycles. The fraction of sp³-hybridized carbons (Fsp3) is 0.440. The molecule has 0 unspecified atom stereocenters. The van der Waals surface area contributed by atoms with Crippen molar-refractivity contribution in [3.63, 3.8) is 0 Å². The van der Waals surface area contributed by atoms with Crippen molar-refractivity contribution >= 4 is 35.0 Å². The second kappa shape index (κ2) is 9.79. The Kier molecular flexibility index (Phi) is 7.46. The highest BCUT2D eigenvalue weighted by atomic mass is 32.2. The molecule has 1 heterocycles. The van der Waals surface area contributed by atoms with Gasteiger partial charge in [-0.25, -0.2) is 0 Å². The van der Waals surface area contributed by atoms with E-state index in [-0.39, 0.29) is 34.3 Å². The number of carbonyl (C=O) groups is 2. The maximum absolute atomic E-state index is 12.9. The maximum Gasteiger partial charge on any atom is 0.416 e. The van der Waals surface area contributed by atoms with Gasteiger partial charge in [-0.15, -0.1) is 11.8 Å². The highest BCUT2D eigenvalue weighted by Crippen LogP contribution is 2.42. The van der Waals surface area contributed by atoms with Gasteiger partial charge in [-0.2, -0.15) is 13.2 Å². The summed E-state index contributed by atoms with van der Waals surface area (Å²) in [6.07, 6.45) is -3.04. The zero-order valence-electron chi connectivity index (χ0n) is 19.2. The number of hydrogen-bond acceptors (Lipinski definition) is 3. The summed E-state index contributed by atoms with van der Waals surface area (Å²) < 4.78 is 38.6. The number of benzene rings is 2. The Labute approximate surface area is 196 Å². The van der Waals surface area contributed by atoms with E-state index in [1.165, 1.54) is 28.8 Å². The Morgan fingerprint density at radius 2 is 1.70 bits per heavy atom. The Balaban J connectivity index is 1.68. The summed E-state index contributed by atoms with van der Waals surface area (Å²) in [5.74, 6) is 0.310. The predicted molar refractivity (Wildman–Crippen MR) is 127 cm³/mol. The number of rotatable bonds is 6. The van der Waals surface area contributed by atoms with Crippen LogP contribution >= 0.6 is 11.8 Å². The SMILES string of the molecule is C[C@@H](CC(=O)Nc1ccc([C@@H]2SCC(=O)N2c2ccc(C(F)(F)F)cc2)cc1)CC(C)(C)C. The van der Waals surface area contributed by atoms with Crippen LogP contribution in [0.25, 0.3) is 0 Å². The van der Waals surface area contributed by atoms with E-state index >= 15 is 0 Å². The molecule has 0 aliphatic carbocycles. The fourth-order valence-electron chi connectivity index (χ4n) is 4.14. The first-order chi connectivity index (χ1) is 15.3. The molecule has 1 saturated heterocycles. The smallest absolute Gasteiger partial charge is 0.326 e. The second-order valence-corrected chi connectivity index (χ2v) is 10.8. The van der Waals surface area contributed by atoms with Gasteiger partial charge < -0.3 is 5.32 Å². The molecule has 8 heteroatoms. The second-order valence-electron chi connectivity index (χ2n) is 9.72. The van der Waals surface area contributed by atoms with Crippen LogP contribution in [0.2, 0.25) is 0 Å². The predicted octanol–water partition coefficient (Wildman–Crippen LogP) is 6.88. The van der Waals surface area contributed by atoms with Gasteiger partial charge in [0.15, 0.2) is 0 Å². The number of thioether (sulfide) groups is 1. The van der Waals surface area contributed by atoms with Crippen molar-refractivity contribution in [3.05, 3.63) is 59.7 Å². The highest BCUT2D eigenvalue weighted by molar-refractivity contribution is 8.00. The molecule has 4 nitrogen and oxygen atoms in total. The van der Waals surface area contributed by atoms with Crippen LogP contribution in [0.4, 0.5) is 24.5 Å². The third-order valence-electron chi connectivity index (χ3n) is 5.31. The van der Waals surface area contributed by atoms with E-state index in [1.807, 2.05) is 12.1 Å². The van der Waals surface area contributed by atoms with Crippen molar-refractivity contribution in [2.75, 3.05) is 16.0 Å². The van der Waals surface area contributed by atoms with Crippen LogP contribution in [0, 0.1) is 11.3 Å². The first kappa shape index (κ1) is 25.1. The molecule has 1 fully saturated rings. The van der Waals surface area contributed by atoms with Crippen LogP contribution in [-0.4, -0.2) is 17.6 Å². The lowest BCUT2D eigenvalue weighted by atomic mass is 9.84. The van der Waals surface area contributed by atoms with Gasteiger partial charge in [-0.1, -0.05) is 39.8 Å². The minimum absolute atomic E-state index is 0.0451. The van der Waals surface area contributed by atoms with E-state index < -0.39 is 11.7 Å². The van der Waals surface area contributed by atoms with Gasteiger partial charge in [0.1, 0.15) is 5.37 Å². The van der Waals surface area contributed by atoms with Crippen molar-refractivity contribution in [1.82, 2.24) is 0 Å². The fourth-order valence-corrected chi connectivity index (χ4v) is 5.32. The van der Waals surface area contributed by atoms with Gasteiger partial charge in [0, 0.05) is 17.8 Å². The lowest BCUT2D eigenvalue weighted by molar-refractivity contribution is -0.137. The van der Waals surface area contributed by atoms with Gasteiger partial charge in [0.05, 0.1) is 11.3 Å². The Hall–Kier alpha value is -2.48. The topological polar surface area (TPSA) is 49.4 Å². The molecule has 1 N–H and O–H groups in total. The third-order valence-corrected chi connectivity index (χ3v) is 6.53. The Morgan fingerprint density at radius 3 is 2.24 bits per heavy atom. The lowest BCUT2D eigenvalue weighted by Crippen LogP contribution is -2.27. The van der Waals surface area contributed by atoms with Crippen LogP contribution in [0.1, 0.15) is 57.0 Å². The minimum Gasteiger partial charge on any atom is -0.326 e. The van der Waals surface area contributed by atoms with Crippen LogP contribution in [-0.2, 0) is 15.8 Å². The Bertz CT molecular complexity index is 983. The first-order valence-corrected chi connectivity index (χ1v) is 11.9. The van der Waals surface area contributed by atoms with Crippen LogP contribution in [0.3, 0.4) is 0 Å². The molecule has 1 aliphatic rings. The van der Waals surface area contributed by atoms with E-state index in [0.29, 0.717) is 17.8 Å². The van der Waals surface area contributed by atoms with Gasteiger partial charge >= 0.3 is 6.18 Å². The molecule has 2 atom stereocenters. The van der Waals surface area contributed by atoms with Crippen molar-refractivity contribution in [2.24, 2.45) is 11.3 Å². The molecule has 2 aromatic rings. The number of nitrogens with one attached hydrogen (secondary N) is 1. The molecular weight excluding hydrogens is 449 g/mol. The monoisotopic (exact) mass is 478 g/mol. The number of carbonyl (C=O) groups excluding carboxylic acids is 2. The molecular formula is C25H29F3N2O2S. The van der Waals surface area contributed by atoms with E-state index in [0.717, 1.165) is 24.1 Å². The summed E-state index contributed by atoms with van der Waals surface area (Å²) in [5, 5.41) is 2.57. The van der Waals surface area contributed by atoms with Crippen molar-refractivity contribution < 1.29 is 22.8 Å². The van der Waals surface area contributed by atoms with Crippen LogP contribution in [0.5, 0.6) is 0 Å². The van der Waals surface area contributed by atoms with Gasteiger partial charge in [0.2, 0.25) is 11.8 Å². The number of amides is 2. The molecule has 0 aromatic heterocycles. The largest absolute Gasteiger partial charge is 0.416 e. The van der Waals surface area contributed by atoms with Gasteiger partial charge in [-0.05, 0) is 59.7 Å². The van der Waals surface area contributed by atoms with Crippen molar-refractivity contribution in [3.8, 4) is 0 Å². The minimum atomic E-state index is -4.42. The van der Waals surface area contributed by atoms with E-state index in [2.05, 4.69) is 33.0 Å². The summed E-state index contributed by atoms with van der Waals surface area (Å²) in [6.45, 7) is 8.53. The van der Waals surface area contributed by atoms with Crippen molar-refractivity contribution in [2.45, 2.75) is 52.1 Å². The Morgan fingerprint density at radius 1 is 1.09 bits per heavy atom. The van der Waals surface area contributed by atoms with E-state index in [1.54, 1.807) is 12.1 Å². The number of anilines is 2. The maximum atomic E-state index is 12.9. The van der Waals surface area contributed by atoms with Crippen LogP contribution < -0.4 is 10.2 Å². The molecule has 3 rings (SSSR count). The zero-order valence-corrected chi connectivity index (χ0v) is 20.0. The number of hydrogen-bond donors (Lipinski definition) is 1.